The first kappa shape index (κ1) is 11.8. The Kier molecular flexibility index (Phi) is 2.75. The zero-order chi connectivity index (χ0) is 13.4. The third-order valence-corrected chi connectivity index (χ3v) is 3.44. The third-order valence-electron chi connectivity index (χ3n) is 3.44. The van der Waals surface area contributed by atoms with Crippen molar-refractivity contribution >= 4 is 16.3 Å². The maximum atomic E-state index is 5.52. The van der Waals surface area contributed by atoms with Crippen LogP contribution in [0.1, 0.15) is 5.56 Å². The van der Waals surface area contributed by atoms with Crippen LogP contribution in [0.4, 0.5) is 0 Å². The lowest BCUT2D eigenvalue weighted by Gasteiger charge is -2.12. The Morgan fingerprint density at radius 1 is 1.00 bits per heavy atom. The molecule has 0 N–H and O–H groups in total. The van der Waals surface area contributed by atoms with Crippen LogP contribution in [0.25, 0.3) is 16.3 Å². The van der Waals surface area contributed by atoms with Gasteiger partial charge in [-0.15, -0.1) is 0 Å². The first-order valence-corrected chi connectivity index (χ1v) is 6.20. The lowest BCUT2D eigenvalue weighted by Crippen LogP contribution is -2.20. The van der Waals surface area contributed by atoms with Gasteiger partial charge in [-0.05, 0) is 24.6 Å². The number of hydrogen-bond donors (Lipinski definition) is 0. The summed E-state index contributed by atoms with van der Waals surface area (Å²) >= 11 is 0. The monoisotopic (exact) mass is 254 g/mol. The van der Waals surface area contributed by atoms with Gasteiger partial charge >= 0.3 is 0 Å². The minimum atomic E-state index is 0.771. The number of methoxy groups -OCH3 is 2. The summed E-state index contributed by atoms with van der Waals surface area (Å²) in [6.45, 7) is 2.08. The van der Waals surface area contributed by atoms with Gasteiger partial charge in [0.2, 0.25) is 5.52 Å². The summed E-state index contributed by atoms with van der Waals surface area (Å²) in [5.41, 5.74) is 2.30. The molecule has 0 spiro atoms. The minimum absolute atomic E-state index is 0.771. The van der Waals surface area contributed by atoms with E-state index in [1.54, 1.807) is 14.2 Å². The van der Waals surface area contributed by atoms with Crippen LogP contribution in [-0.4, -0.2) is 14.2 Å². The molecule has 3 rings (SSSR count). The summed E-state index contributed by atoms with van der Waals surface area (Å²) in [5.74, 6) is 1.56. The van der Waals surface area contributed by atoms with Gasteiger partial charge in [0.25, 0.3) is 0 Å². The first-order chi connectivity index (χ1) is 9.24. The van der Waals surface area contributed by atoms with Crippen molar-refractivity contribution in [2.24, 2.45) is 0 Å². The number of ether oxygens (including phenoxy) is 2. The van der Waals surface area contributed by atoms with Crippen LogP contribution in [0.3, 0.4) is 0 Å². The highest BCUT2D eigenvalue weighted by atomic mass is 16.5. The molecule has 0 aliphatic carbocycles. The predicted molar refractivity (Wildman–Crippen MR) is 74.9 cm³/mol. The maximum absolute atomic E-state index is 5.52. The van der Waals surface area contributed by atoms with Gasteiger partial charge in [0.05, 0.1) is 19.6 Å². The molecule has 0 radical (unpaired) electrons. The molecule has 0 saturated carbocycles. The van der Waals surface area contributed by atoms with Gasteiger partial charge in [0, 0.05) is 23.6 Å². The summed E-state index contributed by atoms with van der Waals surface area (Å²) in [4.78, 5) is 0. The van der Waals surface area contributed by atoms with Gasteiger partial charge in [0.1, 0.15) is 0 Å². The Labute approximate surface area is 112 Å². The normalized spacial score (nSPS) is 10.9. The summed E-state index contributed by atoms with van der Waals surface area (Å²) in [5, 5.41) is 2.24. The second kappa shape index (κ2) is 4.43. The lowest BCUT2D eigenvalue weighted by molar-refractivity contribution is -0.510. The highest BCUT2D eigenvalue weighted by molar-refractivity contribution is 5.94. The Morgan fingerprint density at radius 2 is 1.84 bits per heavy atom. The summed E-state index contributed by atoms with van der Waals surface area (Å²) in [6.07, 6.45) is 4.17. The van der Waals surface area contributed by atoms with E-state index >= 15 is 0 Å². The largest absolute Gasteiger partial charge is 0.493 e. The zero-order valence-corrected chi connectivity index (χ0v) is 11.3. The lowest BCUT2D eigenvalue weighted by atomic mass is 10.1. The fourth-order valence-corrected chi connectivity index (χ4v) is 2.48. The molecule has 0 amide bonds. The van der Waals surface area contributed by atoms with E-state index in [1.165, 1.54) is 10.9 Å². The Bertz CT molecular complexity index is 765. The van der Waals surface area contributed by atoms with Crippen molar-refractivity contribution in [2.75, 3.05) is 14.2 Å². The molecule has 3 aromatic rings. The number of nitrogens with zero attached hydrogens (tertiary/aromatic N) is 1. The van der Waals surface area contributed by atoms with Crippen LogP contribution in [0.2, 0.25) is 0 Å². The van der Waals surface area contributed by atoms with E-state index in [1.807, 2.05) is 24.4 Å². The van der Waals surface area contributed by atoms with Crippen molar-refractivity contribution in [3.8, 4) is 11.5 Å². The van der Waals surface area contributed by atoms with Crippen molar-refractivity contribution in [1.82, 2.24) is 0 Å². The van der Waals surface area contributed by atoms with Crippen LogP contribution in [0, 0.1) is 6.92 Å². The van der Waals surface area contributed by atoms with E-state index < -0.39 is 0 Å². The van der Waals surface area contributed by atoms with E-state index in [0.29, 0.717) is 0 Å². The fraction of sp³-hybridized carbons (Fsp3) is 0.188. The van der Waals surface area contributed by atoms with Gasteiger partial charge in [0.15, 0.2) is 23.9 Å². The smallest absolute Gasteiger partial charge is 0.211 e. The zero-order valence-electron chi connectivity index (χ0n) is 11.3. The van der Waals surface area contributed by atoms with Gasteiger partial charge in [-0.1, -0.05) is 0 Å². The highest BCUT2D eigenvalue weighted by Crippen LogP contribution is 2.37. The van der Waals surface area contributed by atoms with Crippen LogP contribution in [0.5, 0.6) is 11.5 Å². The van der Waals surface area contributed by atoms with Crippen LogP contribution in [0.15, 0.2) is 42.7 Å². The molecule has 0 bridgehead atoms. The molecular formula is C16H16NO2+. The number of hydrogen-bond acceptors (Lipinski definition) is 2. The quantitative estimate of drug-likeness (QED) is 0.518. The maximum Gasteiger partial charge on any atom is 0.211 e. The molecular weight excluding hydrogens is 238 g/mol. The van der Waals surface area contributed by atoms with E-state index in [0.717, 1.165) is 22.4 Å². The second-order valence-corrected chi connectivity index (χ2v) is 4.56. The molecule has 0 aliphatic heterocycles. The van der Waals surface area contributed by atoms with Gasteiger partial charge in [-0.2, -0.15) is 4.40 Å². The Balaban J connectivity index is 2.48. The molecule has 0 fully saturated rings. The second-order valence-electron chi connectivity index (χ2n) is 4.56. The third kappa shape index (κ3) is 1.78. The number of benzene rings is 1. The minimum Gasteiger partial charge on any atom is -0.493 e. The van der Waals surface area contributed by atoms with Crippen LogP contribution < -0.4 is 13.9 Å². The molecule has 2 heterocycles. The van der Waals surface area contributed by atoms with Crippen LogP contribution >= 0.6 is 0 Å². The molecule has 2 aromatic heterocycles. The molecule has 3 heteroatoms. The van der Waals surface area contributed by atoms with Gasteiger partial charge in [-0.25, -0.2) is 0 Å². The summed E-state index contributed by atoms with van der Waals surface area (Å²) < 4.78 is 13.0. The molecule has 3 nitrogen and oxygen atoms in total. The highest BCUT2D eigenvalue weighted by Gasteiger charge is 2.15. The van der Waals surface area contributed by atoms with E-state index in [-0.39, 0.29) is 0 Å². The van der Waals surface area contributed by atoms with Crippen LogP contribution in [-0.2, 0) is 0 Å². The van der Waals surface area contributed by atoms with Crippen molar-refractivity contribution < 1.29 is 13.9 Å². The first-order valence-electron chi connectivity index (χ1n) is 6.20. The number of fused-ring (bicyclic) bond motifs is 2. The summed E-state index contributed by atoms with van der Waals surface area (Å²) in [6, 6.07) is 10.3. The standard InChI is InChI=1S/C16H16NO2/c1-11-8-15(18-2)16(19-3)13-9-12-6-4-5-7-17(12)10-14(11)13/h4-10H,1-3H3/q+1. The Hall–Kier alpha value is -2.29. The van der Waals surface area contributed by atoms with Crippen molar-refractivity contribution in [3.05, 3.63) is 48.3 Å². The van der Waals surface area contributed by atoms with E-state index in [4.69, 9.17) is 9.47 Å². The van der Waals surface area contributed by atoms with Gasteiger partial charge in [-0.3, -0.25) is 0 Å². The van der Waals surface area contributed by atoms with Gasteiger partial charge < -0.3 is 9.47 Å². The summed E-state index contributed by atoms with van der Waals surface area (Å²) in [7, 11) is 3.34. The van der Waals surface area contributed by atoms with E-state index in [2.05, 4.69) is 29.7 Å². The molecule has 19 heavy (non-hydrogen) atoms. The van der Waals surface area contributed by atoms with Crippen molar-refractivity contribution in [1.29, 1.82) is 0 Å². The predicted octanol–water partition coefficient (Wildman–Crippen LogP) is 2.90. The molecule has 0 unspecified atom stereocenters. The van der Waals surface area contributed by atoms with Crippen molar-refractivity contribution in [3.63, 3.8) is 0 Å². The Morgan fingerprint density at radius 3 is 2.58 bits per heavy atom. The van der Waals surface area contributed by atoms with Crippen molar-refractivity contribution in [2.45, 2.75) is 6.92 Å². The molecule has 0 aliphatic rings. The molecule has 0 atom stereocenters. The average molecular weight is 254 g/mol. The molecule has 96 valence electrons. The topological polar surface area (TPSA) is 22.6 Å². The molecule has 0 saturated heterocycles. The SMILES string of the molecule is COc1cc(C)c2c[n+]3ccccc3cc2c1OC. The van der Waals surface area contributed by atoms with E-state index in [9.17, 15) is 0 Å². The number of pyridine rings is 2. The fourth-order valence-electron chi connectivity index (χ4n) is 2.48. The number of aromatic nitrogens is 1. The number of rotatable bonds is 2. The molecule has 1 aromatic carbocycles. The average Bonchev–Trinajstić information content (AvgIpc) is 2.45. The number of aryl methyl sites for hydroxylation is 1.